The second kappa shape index (κ2) is 6.00. The normalized spacial score (nSPS) is 10.7. The Morgan fingerprint density at radius 3 is 2.61 bits per heavy atom. The number of hydrogen-bond acceptors (Lipinski definition) is 4. The highest BCUT2D eigenvalue weighted by Gasteiger charge is 2.07. The Kier molecular flexibility index (Phi) is 3.89. The molecule has 0 saturated heterocycles. The van der Waals surface area contributed by atoms with E-state index in [2.05, 4.69) is 15.6 Å². The number of benzene rings is 2. The second-order valence-corrected chi connectivity index (χ2v) is 5.30. The van der Waals surface area contributed by atoms with E-state index in [1.54, 1.807) is 12.1 Å². The van der Waals surface area contributed by atoms with Crippen LogP contribution in [-0.4, -0.2) is 27.7 Å². The Hall–Kier alpha value is -3.02. The first-order valence-corrected chi connectivity index (χ1v) is 7.29. The summed E-state index contributed by atoms with van der Waals surface area (Å²) in [6, 6.07) is 12.9. The Bertz CT molecular complexity index is 853. The number of hydrogen-bond donors (Lipinski definition) is 3. The first-order valence-electron chi connectivity index (χ1n) is 7.29. The highest BCUT2D eigenvalue weighted by atomic mass is 16.4. The summed E-state index contributed by atoms with van der Waals surface area (Å²) < 4.78 is 2.00. The number of aromatic carboxylic acids is 1. The summed E-state index contributed by atoms with van der Waals surface area (Å²) in [5.41, 5.74) is 4.27. The van der Waals surface area contributed by atoms with Crippen molar-refractivity contribution in [1.82, 2.24) is 9.55 Å². The molecule has 0 saturated carbocycles. The molecule has 0 aliphatic rings. The smallest absolute Gasteiger partial charge is 0.335 e. The molecule has 6 heteroatoms. The fourth-order valence-corrected chi connectivity index (χ4v) is 2.50. The van der Waals surface area contributed by atoms with Gasteiger partial charge in [0.05, 0.1) is 16.6 Å². The molecule has 0 spiro atoms. The van der Waals surface area contributed by atoms with Crippen molar-refractivity contribution in [3.63, 3.8) is 0 Å². The van der Waals surface area contributed by atoms with E-state index in [0.717, 1.165) is 28.2 Å². The fourth-order valence-electron chi connectivity index (χ4n) is 2.50. The lowest BCUT2D eigenvalue weighted by molar-refractivity contribution is 0.0697. The van der Waals surface area contributed by atoms with E-state index >= 15 is 0 Å². The molecule has 0 atom stereocenters. The maximum atomic E-state index is 10.8. The van der Waals surface area contributed by atoms with Crippen molar-refractivity contribution in [2.45, 2.75) is 6.54 Å². The number of rotatable bonds is 5. The van der Waals surface area contributed by atoms with Crippen LogP contribution in [0.3, 0.4) is 0 Å². The number of carboxylic acid groups (broad SMARTS) is 1. The van der Waals surface area contributed by atoms with Crippen LogP contribution in [0.1, 0.15) is 15.9 Å². The largest absolute Gasteiger partial charge is 0.478 e. The van der Waals surface area contributed by atoms with Crippen molar-refractivity contribution < 1.29 is 9.90 Å². The van der Waals surface area contributed by atoms with Crippen LogP contribution in [0, 0.1) is 0 Å². The molecule has 3 aromatic rings. The van der Waals surface area contributed by atoms with Gasteiger partial charge in [0.2, 0.25) is 5.95 Å². The van der Waals surface area contributed by atoms with Crippen molar-refractivity contribution in [2.75, 3.05) is 17.7 Å². The molecule has 0 fully saturated rings. The highest BCUT2D eigenvalue weighted by molar-refractivity contribution is 5.87. The lowest BCUT2D eigenvalue weighted by atomic mass is 10.1. The molecular weight excluding hydrogens is 292 g/mol. The summed E-state index contributed by atoms with van der Waals surface area (Å²) in [5.74, 6) is -0.0909. The molecule has 1 aromatic heterocycles. The van der Waals surface area contributed by atoms with Crippen LogP contribution in [0.25, 0.3) is 11.0 Å². The van der Waals surface area contributed by atoms with E-state index in [4.69, 9.17) is 5.11 Å². The van der Waals surface area contributed by atoms with Gasteiger partial charge in [0, 0.05) is 26.3 Å². The van der Waals surface area contributed by atoms with E-state index in [1.165, 1.54) is 0 Å². The Morgan fingerprint density at radius 2 is 1.96 bits per heavy atom. The lowest BCUT2D eigenvalue weighted by Crippen LogP contribution is -2.01. The molecule has 0 aliphatic heterocycles. The molecule has 0 amide bonds. The second-order valence-electron chi connectivity index (χ2n) is 5.30. The van der Waals surface area contributed by atoms with Crippen LogP contribution in [0.15, 0.2) is 42.5 Å². The van der Waals surface area contributed by atoms with Gasteiger partial charge in [0.25, 0.3) is 0 Å². The molecule has 3 rings (SSSR count). The van der Waals surface area contributed by atoms with Gasteiger partial charge >= 0.3 is 5.97 Å². The number of anilines is 2. The summed E-state index contributed by atoms with van der Waals surface area (Å²) in [7, 11) is 3.82. The van der Waals surface area contributed by atoms with Gasteiger partial charge in [0.15, 0.2) is 0 Å². The average Bonchev–Trinajstić information content (AvgIpc) is 2.89. The van der Waals surface area contributed by atoms with Crippen molar-refractivity contribution in [3.05, 3.63) is 53.6 Å². The minimum absolute atomic E-state index is 0.295. The maximum Gasteiger partial charge on any atom is 0.335 e. The number of nitrogens with one attached hydrogen (secondary N) is 2. The molecule has 0 bridgehead atoms. The van der Waals surface area contributed by atoms with Gasteiger partial charge in [-0.25, -0.2) is 9.78 Å². The van der Waals surface area contributed by atoms with Crippen molar-refractivity contribution >= 4 is 28.6 Å². The van der Waals surface area contributed by atoms with E-state index in [0.29, 0.717) is 12.1 Å². The van der Waals surface area contributed by atoms with Gasteiger partial charge in [-0.05, 0) is 35.9 Å². The molecule has 0 aliphatic carbocycles. The standard InChI is InChI=1S/C17H18N4O2/c1-18-17-20-14-9-13(7-8-15(14)21(17)2)19-10-11-3-5-12(6-4-11)16(22)23/h3-9,19H,10H2,1-2H3,(H,18,20)(H,22,23). The van der Waals surface area contributed by atoms with Crippen LogP contribution in [0.5, 0.6) is 0 Å². The Morgan fingerprint density at radius 1 is 1.22 bits per heavy atom. The molecule has 0 radical (unpaired) electrons. The number of aromatic nitrogens is 2. The summed E-state index contributed by atoms with van der Waals surface area (Å²) in [6.45, 7) is 0.622. The minimum atomic E-state index is -0.912. The van der Waals surface area contributed by atoms with Gasteiger partial charge in [0.1, 0.15) is 0 Å². The predicted octanol–water partition coefficient (Wildman–Crippen LogP) is 2.93. The molecule has 23 heavy (non-hydrogen) atoms. The number of aryl methyl sites for hydroxylation is 1. The molecule has 3 N–H and O–H groups in total. The SMILES string of the molecule is CNc1nc2cc(NCc3ccc(C(=O)O)cc3)ccc2n1C. The zero-order chi connectivity index (χ0) is 16.4. The van der Waals surface area contributed by atoms with Crippen LogP contribution >= 0.6 is 0 Å². The molecule has 0 unspecified atom stereocenters. The quantitative estimate of drug-likeness (QED) is 0.675. The third-order valence-corrected chi connectivity index (χ3v) is 3.80. The van der Waals surface area contributed by atoms with E-state index in [1.807, 2.05) is 49.0 Å². The van der Waals surface area contributed by atoms with Crippen molar-refractivity contribution in [2.24, 2.45) is 7.05 Å². The third kappa shape index (κ3) is 2.96. The van der Waals surface area contributed by atoms with E-state index in [9.17, 15) is 4.79 Å². The number of imidazole rings is 1. The first-order chi connectivity index (χ1) is 11.1. The third-order valence-electron chi connectivity index (χ3n) is 3.80. The van der Waals surface area contributed by atoms with Crippen LogP contribution in [0.2, 0.25) is 0 Å². The zero-order valence-electron chi connectivity index (χ0n) is 13.0. The minimum Gasteiger partial charge on any atom is -0.478 e. The van der Waals surface area contributed by atoms with Crippen LogP contribution < -0.4 is 10.6 Å². The van der Waals surface area contributed by atoms with Gasteiger partial charge in [-0.1, -0.05) is 12.1 Å². The van der Waals surface area contributed by atoms with E-state index in [-0.39, 0.29) is 0 Å². The molecule has 118 valence electrons. The van der Waals surface area contributed by atoms with Crippen LogP contribution in [-0.2, 0) is 13.6 Å². The lowest BCUT2D eigenvalue weighted by Gasteiger charge is -2.07. The zero-order valence-corrected chi connectivity index (χ0v) is 13.0. The van der Waals surface area contributed by atoms with Gasteiger partial charge < -0.3 is 20.3 Å². The summed E-state index contributed by atoms with van der Waals surface area (Å²) in [4.78, 5) is 15.4. The summed E-state index contributed by atoms with van der Waals surface area (Å²) in [6.07, 6.45) is 0. The number of fused-ring (bicyclic) bond motifs is 1. The number of carbonyl (C=O) groups is 1. The predicted molar refractivity (Wildman–Crippen MR) is 91.0 cm³/mol. The molecule has 2 aromatic carbocycles. The summed E-state index contributed by atoms with van der Waals surface area (Å²) in [5, 5.41) is 15.3. The fraction of sp³-hybridized carbons (Fsp3) is 0.176. The first kappa shape index (κ1) is 14.9. The van der Waals surface area contributed by atoms with Crippen molar-refractivity contribution in [1.29, 1.82) is 0 Å². The van der Waals surface area contributed by atoms with Gasteiger partial charge in [-0.2, -0.15) is 0 Å². The average molecular weight is 310 g/mol. The van der Waals surface area contributed by atoms with Gasteiger partial charge in [-0.3, -0.25) is 0 Å². The molecular formula is C17H18N4O2. The monoisotopic (exact) mass is 310 g/mol. The number of nitrogens with zero attached hydrogens (tertiary/aromatic N) is 2. The Balaban J connectivity index is 1.75. The number of carboxylic acids is 1. The van der Waals surface area contributed by atoms with Crippen molar-refractivity contribution in [3.8, 4) is 0 Å². The topological polar surface area (TPSA) is 79.2 Å². The molecule has 6 nitrogen and oxygen atoms in total. The highest BCUT2D eigenvalue weighted by Crippen LogP contribution is 2.22. The summed E-state index contributed by atoms with van der Waals surface area (Å²) >= 11 is 0. The van der Waals surface area contributed by atoms with E-state index < -0.39 is 5.97 Å². The Labute approximate surface area is 133 Å². The maximum absolute atomic E-state index is 10.8. The van der Waals surface area contributed by atoms with Gasteiger partial charge in [-0.15, -0.1) is 0 Å². The van der Waals surface area contributed by atoms with Crippen LogP contribution in [0.4, 0.5) is 11.6 Å². The molecule has 1 heterocycles.